The molecule has 3 heteroatoms. The first-order valence-electron chi connectivity index (χ1n) is 9.79. The number of ether oxygens (including phenoxy) is 1. The first-order valence-corrected chi connectivity index (χ1v) is 9.79. The van der Waals surface area contributed by atoms with Gasteiger partial charge in [-0.25, -0.2) is 4.79 Å². The maximum absolute atomic E-state index is 12.5. The van der Waals surface area contributed by atoms with Crippen LogP contribution in [0, 0.1) is 17.3 Å². The van der Waals surface area contributed by atoms with Crippen molar-refractivity contribution in [3.63, 3.8) is 0 Å². The minimum Gasteiger partial charge on any atom is -0.454 e. The molecule has 1 aromatic carbocycles. The largest absolute Gasteiger partial charge is 0.454 e. The topological polar surface area (TPSA) is 46.5 Å². The molecule has 0 heterocycles. The molecule has 0 aliphatic heterocycles. The van der Waals surface area contributed by atoms with Crippen molar-refractivity contribution in [2.45, 2.75) is 52.2 Å². The van der Waals surface area contributed by atoms with Gasteiger partial charge in [0.15, 0.2) is 0 Å². The third kappa shape index (κ3) is 3.66. The molecule has 0 aromatic heterocycles. The van der Waals surface area contributed by atoms with Crippen LogP contribution >= 0.6 is 0 Å². The van der Waals surface area contributed by atoms with E-state index in [1.165, 1.54) is 6.08 Å². The van der Waals surface area contributed by atoms with Crippen molar-refractivity contribution in [2.24, 2.45) is 17.3 Å². The van der Waals surface area contributed by atoms with Gasteiger partial charge in [-0.3, -0.25) is 0 Å². The lowest BCUT2D eigenvalue weighted by Crippen LogP contribution is -2.54. The summed E-state index contributed by atoms with van der Waals surface area (Å²) in [6, 6.07) is 9.67. The maximum Gasteiger partial charge on any atom is 0.331 e. The van der Waals surface area contributed by atoms with E-state index in [0.29, 0.717) is 12.3 Å². The monoisotopic (exact) mass is 366 g/mol. The van der Waals surface area contributed by atoms with Crippen LogP contribution in [0.1, 0.15) is 46.1 Å². The molecule has 0 unspecified atom stereocenters. The fourth-order valence-corrected chi connectivity index (χ4v) is 4.47. The molecule has 1 N–H and O–H groups in total. The maximum atomic E-state index is 12.5. The molecule has 0 fully saturated rings. The van der Waals surface area contributed by atoms with E-state index in [9.17, 15) is 9.90 Å². The van der Waals surface area contributed by atoms with Crippen LogP contribution in [0.25, 0.3) is 6.08 Å². The SMILES string of the molecule is CC1=C[C@@H](OC(=O)C=Cc2ccccc2)[C@@]2(C)C=C[C@H](C(C)C)[C@@]2(O)CC1. The van der Waals surface area contributed by atoms with Crippen molar-refractivity contribution in [3.05, 3.63) is 65.8 Å². The standard InChI is InChI=1S/C24H30O3/c1-17(2)20-13-14-23(4)21(16-18(3)12-15-24(20,23)26)27-22(25)11-10-19-8-6-5-7-9-19/h5-11,13-14,16-17,20-21,26H,12,15H2,1-4H3/t20-,21-,23-,24+/m1/s1. The lowest BCUT2D eigenvalue weighted by molar-refractivity contribution is -0.160. The Morgan fingerprint density at radius 2 is 2.00 bits per heavy atom. The Kier molecular flexibility index (Phi) is 5.43. The molecule has 144 valence electrons. The fourth-order valence-electron chi connectivity index (χ4n) is 4.47. The summed E-state index contributed by atoms with van der Waals surface area (Å²) >= 11 is 0. The molecule has 0 radical (unpaired) electrons. The zero-order chi connectivity index (χ0) is 19.7. The van der Waals surface area contributed by atoms with Gasteiger partial charge in [0.1, 0.15) is 6.10 Å². The Hall–Kier alpha value is -2.13. The van der Waals surface area contributed by atoms with Crippen LogP contribution in [0.3, 0.4) is 0 Å². The van der Waals surface area contributed by atoms with Crippen LogP contribution in [0.5, 0.6) is 0 Å². The number of hydrogen-bond acceptors (Lipinski definition) is 3. The fraction of sp³-hybridized carbons (Fsp3) is 0.458. The molecule has 0 saturated heterocycles. The van der Waals surface area contributed by atoms with Gasteiger partial charge < -0.3 is 9.84 Å². The van der Waals surface area contributed by atoms with Crippen LogP contribution in [0.2, 0.25) is 0 Å². The summed E-state index contributed by atoms with van der Waals surface area (Å²) in [6.45, 7) is 8.32. The van der Waals surface area contributed by atoms with Crippen molar-refractivity contribution in [1.82, 2.24) is 0 Å². The highest BCUT2D eigenvalue weighted by molar-refractivity contribution is 5.87. The number of fused-ring (bicyclic) bond motifs is 1. The summed E-state index contributed by atoms with van der Waals surface area (Å²) in [6.07, 6.45) is 10.4. The molecule has 3 rings (SSSR count). The van der Waals surface area contributed by atoms with Gasteiger partial charge in [0, 0.05) is 12.0 Å². The van der Waals surface area contributed by atoms with E-state index in [1.807, 2.05) is 50.3 Å². The first kappa shape index (κ1) is 19.6. The van der Waals surface area contributed by atoms with Gasteiger partial charge in [0.2, 0.25) is 0 Å². The van der Waals surface area contributed by atoms with Gasteiger partial charge in [-0.05, 0) is 50.3 Å². The van der Waals surface area contributed by atoms with Gasteiger partial charge in [-0.2, -0.15) is 0 Å². The van der Waals surface area contributed by atoms with E-state index in [0.717, 1.165) is 17.6 Å². The van der Waals surface area contributed by atoms with E-state index in [4.69, 9.17) is 4.74 Å². The van der Waals surface area contributed by atoms with Crippen molar-refractivity contribution in [2.75, 3.05) is 0 Å². The number of esters is 1. The van der Waals surface area contributed by atoms with E-state index < -0.39 is 17.1 Å². The zero-order valence-electron chi connectivity index (χ0n) is 16.7. The van der Waals surface area contributed by atoms with Gasteiger partial charge in [-0.1, -0.05) is 61.9 Å². The molecule has 0 amide bonds. The molecular formula is C24H30O3. The highest BCUT2D eigenvalue weighted by atomic mass is 16.5. The Balaban J connectivity index is 1.84. The van der Waals surface area contributed by atoms with Crippen molar-refractivity contribution < 1.29 is 14.6 Å². The van der Waals surface area contributed by atoms with E-state index in [1.54, 1.807) is 6.08 Å². The van der Waals surface area contributed by atoms with Crippen LogP contribution in [-0.2, 0) is 9.53 Å². The molecule has 0 spiro atoms. The van der Waals surface area contributed by atoms with Crippen LogP contribution < -0.4 is 0 Å². The summed E-state index contributed by atoms with van der Waals surface area (Å²) in [7, 11) is 0. The molecule has 2 aliphatic rings. The van der Waals surface area contributed by atoms with Crippen LogP contribution in [0.15, 0.2) is 60.2 Å². The number of rotatable bonds is 4. The van der Waals surface area contributed by atoms with Gasteiger partial charge in [-0.15, -0.1) is 0 Å². The summed E-state index contributed by atoms with van der Waals surface area (Å²) < 4.78 is 5.86. The zero-order valence-corrected chi connectivity index (χ0v) is 16.7. The number of allylic oxidation sites excluding steroid dienone is 1. The number of benzene rings is 1. The minimum atomic E-state index is -0.913. The van der Waals surface area contributed by atoms with E-state index >= 15 is 0 Å². The normalized spacial score (nSPS) is 33.0. The average molecular weight is 367 g/mol. The van der Waals surface area contributed by atoms with E-state index in [2.05, 4.69) is 26.0 Å². The summed E-state index contributed by atoms with van der Waals surface area (Å²) in [5, 5.41) is 11.7. The summed E-state index contributed by atoms with van der Waals surface area (Å²) in [5.74, 6) is -0.0107. The Morgan fingerprint density at radius 1 is 1.30 bits per heavy atom. The number of carbonyl (C=O) groups excluding carboxylic acids is 1. The number of hydrogen-bond donors (Lipinski definition) is 1. The number of aliphatic hydroxyl groups is 1. The minimum absolute atomic E-state index is 0.0582. The smallest absolute Gasteiger partial charge is 0.331 e. The van der Waals surface area contributed by atoms with Crippen LogP contribution in [0.4, 0.5) is 0 Å². The van der Waals surface area contributed by atoms with Crippen molar-refractivity contribution in [1.29, 1.82) is 0 Å². The second-order valence-electron chi connectivity index (χ2n) is 8.45. The molecular weight excluding hydrogens is 336 g/mol. The Bertz CT molecular complexity index is 774. The lowest BCUT2D eigenvalue weighted by Gasteiger charge is -2.46. The molecule has 4 atom stereocenters. The molecule has 1 aromatic rings. The third-order valence-electron chi connectivity index (χ3n) is 6.23. The first-order chi connectivity index (χ1) is 12.8. The molecule has 0 bridgehead atoms. The number of carbonyl (C=O) groups is 1. The van der Waals surface area contributed by atoms with Crippen LogP contribution in [-0.4, -0.2) is 22.8 Å². The molecule has 2 aliphatic carbocycles. The second-order valence-corrected chi connectivity index (χ2v) is 8.45. The predicted octanol–water partition coefficient (Wildman–Crippen LogP) is 4.93. The highest BCUT2D eigenvalue weighted by Crippen LogP contribution is 2.54. The van der Waals surface area contributed by atoms with E-state index in [-0.39, 0.29) is 11.9 Å². The van der Waals surface area contributed by atoms with Crippen molar-refractivity contribution in [3.8, 4) is 0 Å². The molecule has 27 heavy (non-hydrogen) atoms. The Morgan fingerprint density at radius 3 is 2.67 bits per heavy atom. The molecule has 0 saturated carbocycles. The lowest BCUT2D eigenvalue weighted by atomic mass is 9.65. The molecule has 3 nitrogen and oxygen atoms in total. The van der Waals surface area contributed by atoms with Crippen molar-refractivity contribution >= 4 is 12.0 Å². The third-order valence-corrected chi connectivity index (χ3v) is 6.23. The summed E-state index contributed by atoms with van der Waals surface area (Å²) in [4.78, 5) is 12.5. The summed E-state index contributed by atoms with van der Waals surface area (Å²) in [5.41, 5.74) is 0.560. The highest BCUT2D eigenvalue weighted by Gasteiger charge is 2.59. The quantitative estimate of drug-likeness (QED) is 0.467. The van der Waals surface area contributed by atoms with Gasteiger partial charge in [0.05, 0.1) is 11.0 Å². The predicted molar refractivity (Wildman–Crippen MR) is 109 cm³/mol. The van der Waals surface area contributed by atoms with Gasteiger partial charge >= 0.3 is 5.97 Å². The van der Waals surface area contributed by atoms with Gasteiger partial charge in [0.25, 0.3) is 0 Å². The second kappa shape index (κ2) is 7.47. The average Bonchev–Trinajstić information content (AvgIpc) is 2.86. The Labute approximate surface area is 162 Å².